The van der Waals surface area contributed by atoms with Gasteiger partial charge in [0.05, 0.1) is 11.3 Å². The zero-order valence-corrected chi connectivity index (χ0v) is 11.1. The van der Waals surface area contributed by atoms with Crippen LogP contribution in [0.1, 0.15) is 36.5 Å². The SMILES string of the molecule is CCC1CCCN1c1cc(N)ccc1C(=O)NC. The number of anilines is 2. The maximum absolute atomic E-state index is 11.9. The zero-order chi connectivity index (χ0) is 13.1. The van der Waals surface area contributed by atoms with Crippen molar-refractivity contribution in [3.8, 4) is 0 Å². The third-order valence-electron chi connectivity index (χ3n) is 3.65. The molecule has 0 aliphatic carbocycles. The van der Waals surface area contributed by atoms with E-state index < -0.39 is 0 Å². The van der Waals surface area contributed by atoms with Crippen molar-refractivity contribution < 1.29 is 4.79 Å². The Labute approximate surface area is 108 Å². The Morgan fingerprint density at radius 3 is 3.00 bits per heavy atom. The first kappa shape index (κ1) is 12.7. The van der Waals surface area contributed by atoms with E-state index in [0.717, 1.165) is 18.7 Å². The molecule has 0 spiro atoms. The summed E-state index contributed by atoms with van der Waals surface area (Å²) < 4.78 is 0. The molecule has 4 nitrogen and oxygen atoms in total. The average Bonchev–Trinajstić information content (AvgIpc) is 2.85. The minimum atomic E-state index is -0.0493. The van der Waals surface area contributed by atoms with Gasteiger partial charge in [-0.1, -0.05) is 6.92 Å². The molecule has 1 unspecified atom stereocenters. The molecule has 1 aliphatic rings. The Morgan fingerprint density at radius 1 is 1.56 bits per heavy atom. The van der Waals surface area contributed by atoms with E-state index in [1.807, 2.05) is 12.1 Å². The third kappa shape index (κ3) is 2.28. The molecule has 0 saturated carbocycles. The van der Waals surface area contributed by atoms with E-state index in [-0.39, 0.29) is 5.91 Å². The Balaban J connectivity index is 2.41. The van der Waals surface area contributed by atoms with Crippen molar-refractivity contribution in [1.82, 2.24) is 5.32 Å². The lowest BCUT2D eigenvalue weighted by Gasteiger charge is -2.28. The summed E-state index contributed by atoms with van der Waals surface area (Å²) >= 11 is 0. The van der Waals surface area contributed by atoms with Crippen LogP contribution in [0.2, 0.25) is 0 Å². The number of nitrogen functional groups attached to an aromatic ring is 1. The summed E-state index contributed by atoms with van der Waals surface area (Å²) in [5.74, 6) is -0.0493. The number of amides is 1. The highest BCUT2D eigenvalue weighted by Crippen LogP contribution is 2.31. The molecule has 1 saturated heterocycles. The Kier molecular flexibility index (Phi) is 3.75. The van der Waals surface area contributed by atoms with Gasteiger partial charge in [0.15, 0.2) is 0 Å². The van der Waals surface area contributed by atoms with Crippen molar-refractivity contribution in [3.05, 3.63) is 23.8 Å². The maximum atomic E-state index is 11.9. The van der Waals surface area contributed by atoms with Crippen LogP contribution in [0.15, 0.2) is 18.2 Å². The fraction of sp³-hybridized carbons (Fsp3) is 0.500. The third-order valence-corrected chi connectivity index (χ3v) is 3.65. The van der Waals surface area contributed by atoms with Crippen molar-refractivity contribution in [2.24, 2.45) is 0 Å². The first-order valence-corrected chi connectivity index (χ1v) is 6.55. The van der Waals surface area contributed by atoms with Crippen molar-refractivity contribution in [3.63, 3.8) is 0 Å². The van der Waals surface area contributed by atoms with Crippen LogP contribution < -0.4 is 16.0 Å². The van der Waals surface area contributed by atoms with Gasteiger partial charge in [0.2, 0.25) is 0 Å². The summed E-state index contributed by atoms with van der Waals surface area (Å²) in [4.78, 5) is 14.2. The molecule has 1 aliphatic heterocycles. The Bertz CT molecular complexity index is 445. The summed E-state index contributed by atoms with van der Waals surface area (Å²) in [6.07, 6.45) is 3.47. The average molecular weight is 247 g/mol. The van der Waals surface area contributed by atoms with Gasteiger partial charge < -0.3 is 16.0 Å². The van der Waals surface area contributed by atoms with Crippen LogP contribution in [0, 0.1) is 0 Å². The lowest BCUT2D eigenvalue weighted by Crippen LogP contribution is -2.31. The van der Waals surface area contributed by atoms with E-state index in [0.29, 0.717) is 17.3 Å². The number of carbonyl (C=O) groups excluding carboxylic acids is 1. The highest BCUT2D eigenvalue weighted by molar-refractivity contribution is 6.00. The first-order chi connectivity index (χ1) is 8.67. The van der Waals surface area contributed by atoms with Crippen molar-refractivity contribution in [1.29, 1.82) is 0 Å². The quantitative estimate of drug-likeness (QED) is 0.803. The Hall–Kier alpha value is -1.71. The van der Waals surface area contributed by atoms with Gasteiger partial charge in [0.25, 0.3) is 5.91 Å². The Morgan fingerprint density at radius 2 is 2.33 bits per heavy atom. The van der Waals surface area contributed by atoms with E-state index in [9.17, 15) is 4.79 Å². The van der Waals surface area contributed by atoms with Crippen LogP contribution in [-0.2, 0) is 0 Å². The highest BCUT2D eigenvalue weighted by Gasteiger charge is 2.26. The molecule has 1 aromatic rings. The van der Waals surface area contributed by atoms with Crippen molar-refractivity contribution >= 4 is 17.3 Å². The molecular weight excluding hydrogens is 226 g/mol. The number of hydrogen-bond acceptors (Lipinski definition) is 3. The van der Waals surface area contributed by atoms with Crippen molar-refractivity contribution in [2.75, 3.05) is 24.2 Å². The number of rotatable bonds is 3. The van der Waals surface area contributed by atoms with Gasteiger partial charge in [-0.3, -0.25) is 4.79 Å². The molecule has 1 atom stereocenters. The molecule has 0 aromatic heterocycles. The lowest BCUT2D eigenvalue weighted by atomic mass is 10.1. The molecule has 2 rings (SSSR count). The number of nitrogens with two attached hydrogens (primary N) is 1. The van der Waals surface area contributed by atoms with E-state index in [1.54, 1.807) is 13.1 Å². The van der Waals surface area contributed by atoms with E-state index in [4.69, 9.17) is 5.73 Å². The maximum Gasteiger partial charge on any atom is 0.253 e. The topological polar surface area (TPSA) is 58.4 Å². The second kappa shape index (κ2) is 5.29. The van der Waals surface area contributed by atoms with Gasteiger partial charge in [-0.25, -0.2) is 0 Å². The fourth-order valence-corrected chi connectivity index (χ4v) is 2.69. The standard InChI is InChI=1S/C14H21N3O/c1-3-11-5-4-8-17(11)13-9-10(15)6-7-12(13)14(18)16-2/h6-7,9,11H,3-5,8,15H2,1-2H3,(H,16,18). The van der Waals surface area contributed by atoms with E-state index in [1.165, 1.54) is 12.8 Å². The van der Waals surface area contributed by atoms with Gasteiger partial charge in [0.1, 0.15) is 0 Å². The summed E-state index contributed by atoms with van der Waals surface area (Å²) in [5.41, 5.74) is 8.26. The highest BCUT2D eigenvalue weighted by atomic mass is 16.1. The van der Waals surface area contributed by atoms with Crippen LogP contribution in [0.4, 0.5) is 11.4 Å². The minimum absolute atomic E-state index is 0.0493. The number of nitrogens with zero attached hydrogens (tertiary/aromatic N) is 1. The minimum Gasteiger partial charge on any atom is -0.399 e. The molecule has 1 amide bonds. The molecule has 1 fully saturated rings. The van der Waals surface area contributed by atoms with E-state index >= 15 is 0 Å². The lowest BCUT2D eigenvalue weighted by molar-refractivity contribution is 0.0963. The second-order valence-corrected chi connectivity index (χ2v) is 4.75. The second-order valence-electron chi connectivity index (χ2n) is 4.75. The number of carbonyl (C=O) groups is 1. The molecule has 3 N–H and O–H groups in total. The predicted octanol–water partition coefficient (Wildman–Crippen LogP) is 2.01. The molecule has 98 valence electrons. The zero-order valence-electron chi connectivity index (χ0n) is 11.1. The molecule has 0 bridgehead atoms. The monoisotopic (exact) mass is 247 g/mol. The molecule has 4 heteroatoms. The first-order valence-electron chi connectivity index (χ1n) is 6.55. The largest absolute Gasteiger partial charge is 0.399 e. The smallest absolute Gasteiger partial charge is 0.253 e. The number of benzene rings is 1. The van der Waals surface area contributed by atoms with Gasteiger partial charge in [0, 0.05) is 25.3 Å². The molecule has 18 heavy (non-hydrogen) atoms. The normalized spacial score (nSPS) is 19.0. The summed E-state index contributed by atoms with van der Waals surface area (Å²) in [7, 11) is 1.66. The van der Waals surface area contributed by atoms with Gasteiger partial charge >= 0.3 is 0 Å². The van der Waals surface area contributed by atoms with Crippen LogP contribution in [0.25, 0.3) is 0 Å². The van der Waals surface area contributed by atoms with Crippen LogP contribution in [0.3, 0.4) is 0 Å². The van der Waals surface area contributed by atoms with Crippen LogP contribution >= 0.6 is 0 Å². The molecule has 1 aromatic carbocycles. The van der Waals surface area contributed by atoms with E-state index in [2.05, 4.69) is 17.1 Å². The van der Waals surface area contributed by atoms with Gasteiger partial charge in [-0.2, -0.15) is 0 Å². The number of nitrogens with one attached hydrogen (secondary N) is 1. The molecule has 0 radical (unpaired) electrons. The van der Waals surface area contributed by atoms with Gasteiger partial charge in [-0.15, -0.1) is 0 Å². The molecule has 1 heterocycles. The van der Waals surface area contributed by atoms with Gasteiger partial charge in [-0.05, 0) is 37.5 Å². The summed E-state index contributed by atoms with van der Waals surface area (Å²) in [6, 6.07) is 6.04. The van der Waals surface area contributed by atoms with Crippen LogP contribution in [-0.4, -0.2) is 25.5 Å². The number of hydrogen-bond donors (Lipinski definition) is 2. The fourth-order valence-electron chi connectivity index (χ4n) is 2.69. The predicted molar refractivity (Wildman–Crippen MR) is 74.9 cm³/mol. The van der Waals surface area contributed by atoms with Crippen LogP contribution in [0.5, 0.6) is 0 Å². The molecular formula is C14H21N3O. The summed E-state index contributed by atoms with van der Waals surface area (Å²) in [5, 5.41) is 2.69. The van der Waals surface area contributed by atoms with Crippen molar-refractivity contribution in [2.45, 2.75) is 32.2 Å². The summed E-state index contributed by atoms with van der Waals surface area (Å²) in [6.45, 7) is 3.20.